The third-order valence-electron chi connectivity index (χ3n) is 8.06. The minimum absolute atomic E-state index is 0.243. The number of H-pyrrole nitrogens is 2. The Labute approximate surface area is 254 Å². The third kappa shape index (κ3) is 5.85. The molecule has 5 aromatic heterocycles. The van der Waals surface area contributed by atoms with Gasteiger partial charge in [0.25, 0.3) is 0 Å². The van der Waals surface area contributed by atoms with Crippen LogP contribution in [-0.4, -0.2) is 68.4 Å². The van der Waals surface area contributed by atoms with Crippen LogP contribution in [0, 0.1) is 5.82 Å². The van der Waals surface area contributed by atoms with Crippen molar-refractivity contribution in [3.05, 3.63) is 73.1 Å². The number of fused-ring (bicyclic) bond motifs is 2. The predicted octanol–water partition coefficient (Wildman–Crippen LogP) is 7.02. The van der Waals surface area contributed by atoms with Gasteiger partial charge in [-0.2, -0.15) is 5.10 Å². The van der Waals surface area contributed by atoms with Gasteiger partial charge in [-0.15, -0.1) is 0 Å². The summed E-state index contributed by atoms with van der Waals surface area (Å²) in [5.41, 5.74) is 6.93. The molecule has 0 saturated heterocycles. The van der Waals surface area contributed by atoms with Crippen molar-refractivity contribution in [3.8, 4) is 45.3 Å². The molecule has 2 N–H and O–H groups in total. The lowest BCUT2D eigenvalue weighted by atomic mass is 9.98. The topological polar surface area (TPSA) is 105 Å². The van der Waals surface area contributed by atoms with Gasteiger partial charge >= 0.3 is 0 Å². The number of benzene rings is 1. The van der Waals surface area contributed by atoms with Crippen LogP contribution in [0.5, 0.6) is 11.5 Å². The molecule has 0 bridgehead atoms. The quantitative estimate of drug-likeness (QED) is 0.186. The SMILES string of the molecule is CN(C)CCOc1cc(F)cc(-c2cncc3[nH]c(-c4n[nH]c5ccc(-c6cncc(OC7CCCCC7)c6)nc45)cc23)c1. The molecule has 6 aromatic rings. The molecule has 1 aliphatic rings. The van der Waals surface area contributed by atoms with Gasteiger partial charge in [0.2, 0.25) is 0 Å². The van der Waals surface area contributed by atoms with Crippen LogP contribution in [0.1, 0.15) is 32.1 Å². The van der Waals surface area contributed by atoms with Crippen molar-refractivity contribution in [2.45, 2.75) is 38.2 Å². The molecule has 0 amide bonds. The highest BCUT2D eigenvalue weighted by atomic mass is 19.1. The molecule has 1 aliphatic carbocycles. The fourth-order valence-electron chi connectivity index (χ4n) is 5.80. The predicted molar refractivity (Wildman–Crippen MR) is 169 cm³/mol. The molecule has 10 heteroatoms. The van der Waals surface area contributed by atoms with Crippen molar-refractivity contribution in [2.75, 3.05) is 27.2 Å². The summed E-state index contributed by atoms with van der Waals surface area (Å²) < 4.78 is 26.8. The van der Waals surface area contributed by atoms with Crippen LogP contribution in [0.25, 0.3) is 55.7 Å². The molecule has 0 unspecified atom stereocenters. The van der Waals surface area contributed by atoms with Gasteiger partial charge < -0.3 is 19.4 Å². The number of pyridine rings is 3. The van der Waals surface area contributed by atoms with Gasteiger partial charge in [-0.25, -0.2) is 9.37 Å². The van der Waals surface area contributed by atoms with Gasteiger partial charge in [0.15, 0.2) is 0 Å². The number of ether oxygens (including phenoxy) is 2. The molecule has 7 rings (SSSR count). The average molecular weight is 592 g/mol. The van der Waals surface area contributed by atoms with Crippen LogP contribution in [-0.2, 0) is 0 Å². The highest BCUT2D eigenvalue weighted by Gasteiger charge is 2.18. The van der Waals surface area contributed by atoms with Crippen molar-refractivity contribution < 1.29 is 13.9 Å². The number of aromatic nitrogens is 6. The lowest BCUT2D eigenvalue weighted by Crippen LogP contribution is -2.19. The van der Waals surface area contributed by atoms with E-state index in [0.29, 0.717) is 23.6 Å². The van der Waals surface area contributed by atoms with E-state index in [4.69, 9.17) is 14.5 Å². The zero-order chi connectivity index (χ0) is 30.0. The van der Waals surface area contributed by atoms with E-state index >= 15 is 0 Å². The first kappa shape index (κ1) is 28.0. The van der Waals surface area contributed by atoms with Crippen LogP contribution >= 0.6 is 0 Å². The first-order valence-electron chi connectivity index (χ1n) is 15.0. The summed E-state index contributed by atoms with van der Waals surface area (Å²) in [4.78, 5) is 19.3. The summed E-state index contributed by atoms with van der Waals surface area (Å²) >= 11 is 0. The molecule has 1 aromatic carbocycles. The number of rotatable bonds is 9. The molecule has 1 fully saturated rings. The first-order chi connectivity index (χ1) is 21.5. The number of nitrogens with one attached hydrogen (secondary N) is 2. The Morgan fingerprint density at radius 3 is 2.59 bits per heavy atom. The smallest absolute Gasteiger partial charge is 0.138 e. The molecular weight excluding hydrogens is 557 g/mol. The minimum Gasteiger partial charge on any atom is -0.492 e. The lowest BCUT2D eigenvalue weighted by Gasteiger charge is -2.22. The maximum atomic E-state index is 14.7. The number of hydrogen-bond acceptors (Lipinski definition) is 7. The van der Waals surface area contributed by atoms with Gasteiger partial charge in [0.05, 0.1) is 40.9 Å². The normalized spacial score (nSPS) is 14.1. The van der Waals surface area contributed by atoms with E-state index in [1.165, 1.54) is 31.4 Å². The molecule has 5 heterocycles. The van der Waals surface area contributed by atoms with E-state index in [1.807, 2.05) is 49.3 Å². The van der Waals surface area contributed by atoms with Gasteiger partial charge in [-0.05, 0) is 81.7 Å². The first-order valence-corrected chi connectivity index (χ1v) is 15.0. The lowest BCUT2D eigenvalue weighted by molar-refractivity contribution is 0.154. The van der Waals surface area contributed by atoms with Crippen LogP contribution in [0.15, 0.2) is 67.3 Å². The van der Waals surface area contributed by atoms with E-state index in [2.05, 4.69) is 25.1 Å². The maximum absolute atomic E-state index is 14.7. The van der Waals surface area contributed by atoms with E-state index in [9.17, 15) is 4.39 Å². The average Bonchev–Trinajstić information content (AvgIpc) is 3.65. The monoisotopic (exact) mass is 591 g/mol. The van der Waals surface area contributed by atoms with E-state index in [1.54, 1.807) is 24.8 Å². The number of aromatic amines is 2. The summed E-state index contributed by atoms with van der Waals surface area (Å²) in [5.74, 6) is 0.878. The molecule has 0 spiro atoms. The zero-order valence-corrected chi connectivity index (χ0v) is 24.8. The second-order valence-corrected chi connectivity index (χ2v) is 11.6. The van der Waals surface area contributed by atoms with E-state index in [-0.39, 0.29) is 11.9 Å². The molecule has 224 valence electrons. The van der Waals surface area contributed by atoms with Crippen LogP contribution in [0.4, 0.5) is 4.39 Å². The standard InChI is InChI=1S/C34H34FN7O2/c1-42(2)10-11-43-25-13-21(12-23(35)15-25)28-19-37-20-32-27(28)16-31(38-32)34-33-30(40-41-34)9-8-29(39-33)22-14-26(18-36-17-22)44-24-6-4-3-5-7-24/h8-9,12-20,24,38H,3-7,10-11H2,1-2H3,(H,40,41). The van der Waals surface area contributed by atoms with Crippen LogP contribution < -0.4 is 9.47 Å². The molecular formula is C34H34FN7O2. The van der Waals surface area contributed by atoms with Crippen molar-refractivity contribution in [1.29, 1.82) is 0 Å². The zero-order valence-electron chi connectivity index (χ0n) is 24.8. The number of likely N-dealkylation sites (N-methyl/N-ethyl adjacent to an activating group) is 1. The van der Waals surface area contributed by atoms with Crippen LogP contribution in [0.3, 0.4) is 0 Å². The molecule has 44 heavy (non-hydrogen) atoms. The Morgan fingerprint density at radius 2 is 1.73 bits per heavy atom. The van der Waals surface area contributed by atoms with Crippen molar-refractivity contribution >= 4 is 21.9 Å². The largest absolute Gasteiger partial charge is 0.492 e. The van der Waals surface area contributed by atoms with Gasteiger partial charge in [-0.3, -0.25) is 15.1 Å². The minimum atomic E-state index is -0.368. The van der Waals surface area contributed by atoms with E-state index in [0.717, 1.165) is 69.6 Å². The Kier molecular flexibility index (Phi) is 7.66. The summed E-state index contributed by atoms with van der Waals surface area (Å²) in [6.07, 6.45) is 13.2. The maximum Gasteiger partial charge on any atom is 0.138 e. The second-order valence-electron chi connectivity index (χ2n) is 11.6. The van der Waals surface area contributed by atoms with Crippen molar-refractivity contribution in [3.63, 3.8) is 0 Å². The van der Waals surface area contributed by atoms with Gasteiger partial charge in [0, 0.05) is 41.5 Å². The highest BCUT2D eigenvalue weighted by molar-refractivity contribution is 6.00. The Balaban J connectivity index is 1.21. The molecule has 0 radical (unpaired) electrons. The molecule has 1 saturated carbocycles. The van der Waals surface area contributed by atoms with Crippen molar-refractivity contribution in [2.24, 2.45) is 0 Å². The summed E-state index contributed by atoms with van der Waals surface area (Å²) in [6, 6.07) is 12.7. The highest BCUT2D eigenvalue weighted by Crippen LogP contribution is 2.35. The Hall–Kier alpha value is -4.83. The van der Waals surface area contributed by atoms with Crippen LogP contribution in [0.2, 0.25) is 0 Å². The van der Waals surface area contributed by atoms with Gasteiger partial charge in [-0.1, -0.05) is 6.42 Å². The number of hydrogen-bond donors (Lipinski definition) is 2. The van der Waals surface area contributed by atoms with Crippen molar-refractivity contribution in [1.82, 2.24) is 35.0 Å². The fourth-order valence-corrected chi connectivity index (χ4v) is 5.80. The Morgan fingerprint density at radius 1 is 0.886 bits per heavy atom. The summed E-state index contributed by atoms with van der Waals surface area (Å²) in [5, 5.41) is 8.60. The third-order valence-corrected chi connectivity index (χ3v) is 8.06. The Bertz CT molecular complexity index is 1930. The second kappa shape index (κ2) is 12.0. The summed E-state index contributed by atoms with van der Waals surface area (Å²) in [6.45, 7) is 1.19. The molecule has 0 aliphatic heterocycles. The summed E-state index contributed by atoms with van der Waals surface area (Å²) in [7, 11) is 3.94. The fraction of sp³-hybridized carbons (Fsp3) is 0.294. The number of halogens is 1. The molecule has 0 atom stereocenters. The van der Waals surface area contributed by atoms with Gasteiger partial charge in [0.1, 0.15) is 35.1 Å². The van der Waals surface area contributed by atoms with E-state index < -0.39 is 0 Å². The molecule has 9 nitrogen and oxygen atoms in total. The number of nitrogens with zero attached hydrogens (tertiary/aromatic N) is 5.